The summed E-state index contributed by atoms with van der Waals surface area (Å²) in [5.41, 5.74) is 1.31. The number of hydrogen-bond donors (Lipinski definition) is 1. The third-order valence-electron chi connectivity index (χ3n) is 2.58. The van der Waals surface area contributed by atoms with Crippen LogP contribution in [0.2, 0.25) is 0 Å². The molecule has 0 aromatic carbocycles. The van der Waals surface area contributed by atoms with Crippen LogP contribution >= 0.6 is 0 Å². The SMILES string of the molecule is CNC(c1cncn1C)C1CC1. The average Bonchev–Trinajstić information content (AvgIpc) is 2.80. The zero-order valence-electron chi connectivity index (χ0n) is 7.62. The first-order valence-electron chi connectivity index (χ1n) is 4.46. The van der Waals surface area contributed by atoms with E-state index in [2.05, 4.69) is 21.9 Å². The monoisotopic (exact) mass is 165 g/mol. The van der Waals surface area contributed by atoms with Gasteiger partial charge in [0.2, 0.25) is 0 Å². The van der Waals surface area contributed by atoms with E-state index in [1.165, 1.54) is 18.5 Å². The summed E-state index contributed by atoms with van der Waals surface area (Å²) in [6.07, 6.45) is 6.54. The molecule has 1 fully saturated rings. The molecule has 1 atom stereocenters. The lowest BCUT2D eigenvalue weighted by molar-refractivity contribution is 0.500. The molecule has 0 amide bonds. The van der Waals surface area contributed by atoms with E-state index in [1.807, 2.05) is 19.6 Å². The van der Waals surface area contributed by atoms with Gasteiger partial charge in [-0.1, -0.05) is 0 Å². The molecular formula is C9H15N3. The number of rotatable bonds is 3. The lowest BCUT2D eigenvalue weighted by atomic mass is 10.1. The fraction of sp³-hybridized carbons (Fsp3) is 0.667. The van der Waals surface area contributed by atoms with Gasteiger partial charge in [-0.05, 0) is 25.8 Å². The first-order valence-corrected chi connectivity index (χ1v) is 4.46. The van der Waals surface area contributed by atoms with E-state index in [4.69, 9.17) is 0 Å². The smallest absolute Gasteiger partial charge is 0.0946 e. The first-order chi connectivity index (χ1) is 5.83. The zero-order valence-corrected chi connectivity index (χ0v) is 7.62. The molecule has 12 heavy (non-hydrogen) atoms. The second-order valence-corrected chi connectivity index (χ2v) is 3.53. The van der Waals surface area contributed by atoms with E-state index in [1.54, 1.807) is 0 Å². The van der Waals surface area contributed by atoms with E-state index in [9.17, 15) is 0 Å². The van der Waals surface area contributed by atoms with Crippen molar-refractivity contribution >= 4 is 0 Å². The second-order valence-electron chi connectivity index (χ2n) is 3.53. The maximum Gasteiger partial charge on any atom is 0.0946 e. The van der Waals surface area contributed by atoms with Crippen molar-refractivity contribution < 1.29 is 0 Å². The molecule has 0 saturated heterocycles. The highest BCUT2D eigenvalue weighted by Crippen LogP contribution is 2.40. The fourth-order valence-corrected chi connectivity index (χ4v) is 1.72. The third-order valence-corrected chi connectivity index (χ3v) is 2.58. The summed E-state index contributed by atoms with van der Waals surface area (Å²) in [6.45, 7) is 0. The van der Waals surface area contributed by atoms with Crippen LogP contribution in [-0.2, 0) is 7.05 Å². The number of aromatic nitrogens is 2. The Balaban J connectivity index is 2.20. The first kappa shape index (κ1) is 7.80. The molecule has 1 aromatic rings. The Bertz CT molecular complexity index is 262. The van der Waals surface area contributed by atoms with Crippen molar-refractivity contribution in [2.75, 3.05) is 7.05 Å². The van der Waals surface area contributed by atoms with Crippen molar-refractivity contribution in [2.45, 2.75) is 18.9 Å². The molecule has 0 spiro atoms. The van der Waals surface area contributed by atoms with Gasteiger partial charge < -0.3 is 9.88 Å². The molecule has 3 heteroatoms. The maximum atomic E-state index is 4.12. The maximum absolute atomic E-state index is 4.12. The van der Waals surface area contributed by atoms with Gasteiger partial charge >= 0.3 is 0 Å². The molecule has 1 aliphatic rings. The summed E-state index contributed by atoms with van der Waals surface area (Å²) in [7, 11) is 4.07. The predicted molar refractivity (Wildman–Crippen MR) is 47.7 cm³/mol. The Morgan fingerprint density at radius 3 is 2.83 bits per heavy atom. The Morgan fingerprint density at radius 1 is 1.67 bits per heavy atom. The van der Waals surface area contributed by atoms with Crippen LogP contribution in [0.5, 0.6) is 0 Å². The van der Waals surface area contributed by atoms with E-state index < -0.39 is 0 Å². The second kappa shape index (κ2) is 2.90. The molecule has 1 N–H and O–H groups in total. The molecule has 1 aliphatic carbocycles. The van der Waals surface area contributed by atoms with Crippen molar-refractivity contribution in [2.24, 2.45) is 13.0 Å². The van der Waals surface area contributed by atoms with Crippen molar-refractivity contribution in [1.29, 1.82) is 0 Å². The minimum atomic E-state index is 0.512. The summed E-state index contributed by atoms with van der Waals surface area (Å²) in [5.74, 6) is 0.838. The van der Waals surface area contributed by atoms with Crippen LogP contribution in [0.15, 0.2) is 12.5 Å². The van der Waals surface area contributed by atoms with Crippen LogP contribution in [0.3, 0.4) is 0 Å². The number of nitrogens with one attached hydrogen (secondary N) is 1. The normalized spacial score (nSPS) is 19.5. The lowest BCUT2D eigenvalue weighted by Gasteiger charge is -2.15. The Labute approximate surface area is 72.8 Å². The van der Waals surface area contributed by atoms with Crippen LogP contribution in [0.4, 0.5) is 0 Å². The molecule has 66 valence electrons. The third kappa shape index (κ3) is 1.25. The van der Waals surface area contributed by atoms with Gasteiger partial charge in [0.15, 0.2) is 0 Å². The summed E-state index contributed by atoms with van der Waals surface area (Å²) in [6, 6.07) is 0.512. The molecule has 0 aliphatic heterocycles. The van der Waals surface area contributed by atoms with E-state index in [-0.39, 0.29) is 0 Å². The Kier molecular flexibility index (Phi) is 1.89. The van der Waals surface area contributed by atoms with Crippen molar-refractivity contribution in [3.63, 3.8) is 0 Å². The quantitative estimate of drug-likeness (QED) is 0.726. The van der Waals surface area contributed by atoms with Crippen LogP contribution in [-0.4, -0.2) is 16.6 Å². The van der Waals surface area contributed by atoms with E-state index in [0.717, 1.165) is 5.92 Å². The van der Waals surface area contributed by atoms with Gasteiger partial charge in [0.05, 0.1) is 18.1 Å². The van der Waals surface area contributed by atoms with Gasteiger partial charge in [-0.3, -0.25) is 0 Å². The van der Waals surface area contributed by atoms with E-state index in [0.29, 0.717) is 6.04 Å². The molecular weight excluding hydrogens is 150 g/mol. The van der Waals surface area contributed by atoms with Gasteiger partial charge in [-0.15, -0.1) is 0 Å². The predicted octanol–water partition coefficient (Wildman–Crippen LogP) is 1.09. The molecule has 1 aromatic heterocycles. The molecule has 0 bridgehead atoms. The molecule has 1 heterocycles. The topological polar surface area (TPSA) is 29.9 Å². The van der Waals surface area contributed by atoms with Crippen LogP contribution in [0, 0.1) is 5.92 Å². The van der Waals surface area contributed by atoms with Crippen LogP contribution in [0.25, 0.3) is 0 Å². The minimum absolute atomic E-state index is 0.512. The van der Waals surface area contributed by atoms with Gasteiger partial charge in [0.25, 0.3) is 0 Å². The van der Waals surface area contributed by atoms with E-state index >= 15 is 0 Å². The van der Waals surface area contributed by atoms with Crippen molar-refractivity contribution in [3.05, 3.63) is 18.2 Å². The molecule has 3 nitrogen and oxygen atoms in total. The fourth-order valence-electron chi connectivity index (χ4n) is 1.72. The molecule has 0 radical (unpaired) electrons. The van der Waals surface area contributed by atoms with Crippen LogP contribution < -0.4 is 5.32 Å². The van der Waals surface area contributed by atoms with Crippen molar-refractivity contribution in [3.8, 4) is 0 Å². The number of hydrogen-bond acceptors (Lipinski definition) is 2. The highest BCUT2D eigenvalue weighted by atomic mass is 15.1. The van der Waals surface area contributed by atoms with Crippen molar-refractivity contribution in [1.82, 2.24) is 14.9 Å². The largest absolute Gasteiger partial charge is 0.336 e. The summed E-state index contributed by atoms with van der Waals surface area (Å²) in [4.78, 5) is 4.12. The summed E-state index contributed by atoms with van der Waals surface area (Å²) >= 11 is 0. The minimum Gasteiger partial charge on any atom is -0.336 e. The lowest BCUT2D eigenvalue weighted by Crippen LogP contribution is -2.20. The Hall–Kier alpha value is -0.830. The van der Waals surface area contributed by atoms with Gasteiger partial charge in [-0.2, -0.15) is 0 Å². The number of aryl methyl sites for hydroxylation is 1. The average molecular weight is 165 g/mol. The number of nitrogens with zero attached hydrogens (tertiary/aromatic N) is 2. The summed E-state index contributed by atoms with van der Waals surface area (Å²) < 4.78 is 2.10. The highest BCUT2D eigenvalue weighted by molar-refractivity contribution is 5.09. The van der Waals surface area contributed by atoms with Gasteiger partial charge in [0, 0.05) is 13.2 Å². The van der Waals surface area contributed by atoms with Gasteiger partial charge in [-0.25, -0.2) is 4.98 Å². The Morgan fingerprint density at radius 2 is 2.42 bits per heavy atom. The standard InChI is InChI=1S/C9H15N3/c1-10-9(7-3-4-7)8-5-11-6-12(8)2/h5-7,9-10H,3-4H2,1-2H3. The zero-order chi connectivity index (χ0) is 8.55. The molecule has 2 rings (SSSR count). The highest BCUT2D eigenvalue weighted by Gasteiger charge is 2.32. The number of imidazole rings is 1. The van der Waals surface area contributed by atoms with Crippen LogP contribution in [0.1, 0.15) is 24.6 Å². The summed E-state index contributed by atoms with van der Waals surface area (Å²) in [5, 5.41) is 3.35. The molecule has 1 saturated carbocycles. The molecule has 1 unspecified atom stereocenters. The van der Waals surface area contributed by atoms with Gasteiger partial charge in [0.1, 0.15) is 0 Å².